The number of pyridine rings is 1. The molecule has 31 heavy (non-hydrogen) atoms. The van der Waals surface area contributed by atoms with E-state index < -0.39 is 6.04 Å². The van der Waals surface area contributed by atoms with E-state index in [9.17, 15) is 9.59 Å². The van der Waals surface area contributed by atoms with E-state index in [-0.39, 0.29) is 11.8 Å². The Balaban J connectivity index is 1.57. The summed E-state index contributed by atoms with van der Waals surface area (Å²) in [6.07, 6.45) is 3.54. The van der Waals surface area contributed by atoms with Gasteiger partial charge in [-0.05, 0) is 66.7 Å². The summed E-state index contributed by atoms with van der Waals surface area (Å²) in [4.78, 5) is 33.5. The molecule has 4 rings (SSSR count). The Kier molecular flexibility index (Phi) is 6.03. The van der Waals surface area contributed by atoms with Crippen LogP contribution in [0.4, 0.5) is 11.4 Å². The molecule has 1 aliphatic heterocycles. The molecule has 1 fully saturated rings. The summed E-state index contributed by atoms with van der Waals surface area (Å²) in [6, 6.07) is 13.9. The van der Waals surface area contributed by atoms with Crippen LogP contribution >= 0.6 is 23.4 Å². The van der Waals surface area contributed by atoms with Crippen molar-refractivity contribution in [2.75, 3.05) is 5.32 Å². The molecule has 2 aromatic carbocycles. The fourth-order valence-electron chi connectivity index (χ4n) is 2.86. The molecule has 0 aliphatic carbocycles. The summed E-state index contributed by atoms with van der Waals surface area (Å²) in [5.74, 6) is -0.562. The minimum atomic E-state index is -0.645. The van der Waals surface area contributed by atoms with Crippen LogP contribution in [-0.4, -0.2) is 28.0 Å². The van der Waals surface area contributed by atoms with Crippen LogP contribution in [0.2, 0.25) is 5.02 Å². The number of fused-ring (bicyclic) bond motifs is 1. The maximum Gasteiger partial charge on any atom is 0.264 e. The number of benzene rings is 2. The highest BCUT2D eigenvalue weighted by Crippen LogP contribution is 2.33. The number of carbonyl (C=O) groups is 2. The molecular weight excluding hydrogens is 434 g/mol. The van der Waals surface area contributed by atoms with Crippen LogP contribution in [0.3, 0.4) is 0 Å². The van der Waals surface area contributed by atoms with Gasteiger partial charge in [-0.25, -0.2) is 4.99 Å². The summed E-state index contributed by atoms with van der Waals surface area (Å²) in [6.45, 7) is 1.59. The van der Waals surface area contributed by atoms with E-state index in [2.05, 4.69) is 20.6 Å². The van der Waals surface area contributed by atoms with Gasteiger partial charge in [-0.1, -0.05) is 23.7 Å². The summed E-state index contributed by atoms with van der Waals surface area (Å²) in [5, 5.41) is 7.22. The number of thioether (sulfide) groups is 1. The van der Waals surface area contributed by atoms with Gasteiger partial charge in [0.05, 0.1) is 27.2 Å². The minimum absolute atomic E-state index is 0.243. The molecule has 9 heteroatoms. The second-order valence-electron chi connectivity index (χ2n) is 6.88. The number of amidine groups is 1. The Morgan fingerprint density at radius 3 is 2.94 bits per heavy atom. The Morgan fingerprint density at radius 1 is 1.29 bits per heavy atom. The van der Waals surface area contributed by atoms with Gasteiger partial charge in [-0.2, -0.15) is 0 Å². The molecule has 2 amide bonds. The van der Waals surface area contributed by atoms with Gasteiger partial charge in [0.2, 0.25) is 5.91 Å². The lowest BCUT2D eigenvalue weighted by atomic mass is 10.1. The molecule has 2 heterocycles. The molecule has 1 atom stereocenters. The monoisotopic (exact) mass is 451 g/mol. The smallest absolute Gasteiger partial charge is 0.264 e. The molecule has 0 saturated carbocycles. The molecule has 0 radical (unpaired) electrons. The zero-order valence-electron chi connectivity index (χ0n) is 16.4. The van der Waals surface area contributed by atoms with Crippen molar-refractivity contribution in [3.8, 4) is 0 Å². The number of amides is 2. The number of aromatic nitrogens is 1. The van der Waals surface area contributed by atoms with E-state index in [1.165, 1.54) is 11.8 Å². The average molecular weight is 452 g/mol. The predicted octanol–water partition coefficient (Wildman–Crippen LogP) is 4.07. The standard InChI is InChI=1S/C22H18ClN5O2S/c1-12(24)20(29)26-15-5-6-16(23)18(11-15)27-22-28-21(30)19(31-22)10-13-4-7-17-14(9-13)3-2-8-25-17/h2-12H,24H2,1H3,(H,26,29)(H,27,28,30)/t12-/m0/s1. The number of nitrogens with one attached hydrogen (secondary N) is 2. The number of nitrogens with zero attached hydrogens (tertiary/aromatic N) is 2. The summed E-state index contributed by atoms with van der Waals surface area (Å²) in [5.41, 5.74) is 8.30. The van der Waals surface area contributed by atoms with E-state index in [1.807, 2.05) is 30.3 Å². The van der Waals surface area contributed by atoms with Gasteiger partial charge in [0, 0.05) is 17.3 Å². The highest BCUT2D eigenvalue weighted by Gasteiger charge is 2.24. The van der Waals surface area contributed by atoms with Crippen molar-refractivity contribution in [2.45, 2.75) is 13.0 Å². The number of halogens is 1. The number of hydrogen-bond donors (Lipinski definition) is 3. The zero-order chi connectivity index (χ0) is 22.0. The number of carbonyl (C=O) groups excluding carboxylic acids is 2. The van der Waals surface area contributed by atoms with Crippen LogP contribution in [0.15, 0.2) is 64.6 Å². The first-order valence-electron chi connectivity index (χ1n) is 9.39. The average Bonchev–Trinajstić information content (AvgIpc) is 3.09. The zero-order valence-corrected chi connectivity index (χ0v) is 18.0. The van der Waals surface area contributed by atoms with E-state index in [0.29, 0.717) is 26.5 Å². The number of rotatable bonds is 4. The van der Waals surface area contributed by atoms with Crippen LogP contribution in [0.5, 0.6) is 0 Å². The van der Waals surface area contributed by atoms with Crippen molar-refractivity contribution in [1.82, 2.24) is 10.3 Å². The molecule has 7 nitrogen and oxygen atoms in total. The second kappa shape index (κ2) is 8.89. The summed E-state index contributed by atoms with van der Waals surface area (Å²) in [7, 11) is 0. The second-order valence-corrected chi connectivity index (χ2v) is 8.32. The lowest BCUT2D eigenvalue weighted by Crippen LogP contribution is -2.32. The fourth-order valence-corrected chi connectivity index (χ4v) is 3.85. The minimum Gasteiger partial charge on any atom is -0.325 e. The third kappa shape index (κ3) is 4.93. The molecule has 4 N–H and O–H groups in total. The first-order chi connectivity index (χ1) is 14.9. The largest absolute Gasteiger partial charge is 0.325 e. The number of nitrogens with two attached hydrogens (primary N) is 1. The first kappa shape index (κ1) is 21.0. The molecule has 156 valence electrons. The summed E-state index contributed by atoms with van der Waals surface area (Å²) < 4.78 is 0. The van der Waals surface area contributed by atoms with Gasteiger partial charge in [0.15, 0.2) is 5.17 Å². The molecule has 1 aromatic heterocycles. The van der Waals surface area contributed by atoms with Crippen molar-refractivity contribution in [3.05, 3.63) is 70.2 Å². The van der Waals surface area contributed by atoms with Crippen LogP contribution in [-0.2, 0) is 9.59 Å². The highest BCUT2D eigenvalue weighted by molar-refractivity contribution is 8.18. The van der Waals surface area contributed by atoms with Crippen molar-refractivity contribution in [1.29, 1.82) is 0 Å². The topological polar surface area (TPSA) is 109 Å². The number of anilines is 1. The van der Waals surface area contributed by atoms with Gasteiger partial charge in [-0.3, -0.25) is 14.6 Å². The van der Waals surface area contributed by atoms with E-state index in [1.54, 1.807) is 37.4 Å². The molecule has 0 unspecified atom stereocenters. The third-order valence-electron chi connectivity index (χ3n) is 4.42. The first-order valence-corrected chi connectivity index (χ1v) is 10.6. The molecule has 0 bridgehead atoms. The van der Waals surface area contributed by atoms with Crippen LogP contribution in [0.1, 0.15) is 12.5 Å². The van der Waals surface area contributed by atoms with E-state index >= 15 is 0 Å². The number of hydrogen-bond acceptors (Lipinski definition) is 6. The Hall–Kier alpha value is -3.20. The van der Waals surface area contributed by atoms with Gasteiger partial charge >= 0.3 is 0 Å². The van der Waals surface area contributed by atoms with Crippen molar-refractivity contribution >= 4 is 68.7 Å². The number of aliphatic imine (C=N–C) groups is 1. The predicted molar refractivity (Wildman–Crippen MR) is 126 cm³/mol. The van der Waals surface area contributed by atoms with Crippen molar-refractivity contribution < 1.29 is 9.59 Å². The van der Waals surface area contributed by atoms with Crippen molar-refractivity contribution in [3.63, 3.8) is 0 Å². The molecule has 3 aromatic rings. The Bertz CT molecular complexity index is 1260. The van der Waals surface area contributed by atoms with E-state index in [4.69, 9.17) is 17.3 Å². The van der Waals surface area contributed by atoms with Crippen LogP contribution in [0.25, 0.3) is 17.0 Å². The Morgan fingerprint density at radius 2 is 2.13 bits per heavy atom. The maximum atomic E-state index is 12.4. The third-order valence-corrected chi connectivity index (χ3v) is 5.65. The van der Waals surface area contributed by atoms with Crippen LogP contribution < -0.4 is 16.4 Å². The summed E-state index contributed by atoms with van der Waals surface area (Å²) >= 11 is 7.46. The van der Waals surface area contributed by atoms with Gasteiger partial charge in [0.1, 0.15) is 0 Å². The molecule has 1 saturated heterocycles. The lowest BCUT2D eigenvalue weighted by Gasteiger charge is -2.09. The SMILES string of the molecule is C[C@H](N)C(=O)Nc1ccc(Cl)c(N=C2NC(=O)C(=Cc3ccc4ncccc4c3)S2)c1. The normalized spacial score (nSPS) is 17.2. The molecular formula is C22H18ClN5O2S. The maximum absolute atomic E-state index is 12.4. The Labute approximate surface area is 187 Å². The van der Waals surface area contributed by atoms with Crippen LogP contribution in [0, 0.1) is 0 Å². The van der Waals surface area contributed by atoms with Gasteiger partial charge < -0.3 is 16.4 Å². The lowest BCUT2D eigenvalue weighted by molar-refractivity contribution is -0.117. The van der Waals surface area contributed by atoms with Crippen molar-refractivity contribution in [2.24, 2.45) is 10.7 Å². The quantitative estimate of drug-likeness (QED) is 0.518. The highest BCUT2D eigenvalue weighted by atomic mass is 35.5. The molecule has 1 aliphatic rings. The van der Waals surface area contributed by atoms with E-state index in [0.717, 1.165) is 16.5 Å². The molecule has 0 spiro atoms. The fraction of sp³-hybridized carbons (Fsp3) is 0.0909. The van der Waals surface area contributed by atoms with Gasteiger partial charge in [0.25, 0.3) is 5.91 Å². The van der Waals surface area contributed by atoms with Gasteiger partial charge in [-0.15, -0.1) is 0 Å².